The van der Waals surface area contributed by atoms with Crippen molar-refractivity contribution in [2.75, 3.05) is 18.5 Å². The Kier molecular flexibility index (Phi) is 6.83. The predicted octanol–water partition coefficient (Wildman–Crippen LogP) is 2.99. The highest BCUT2D eigenvalue weighted by atomic mass is 16.6. The van der Waals surface area contributed by atoms with E-state index in [1.807, 2.05) is 27.7 Å². The van der Waals surface area contributed by atoms with E-state index in [-0.39, 0.29) is 18.0 Å². The van der Waals surface area contributed by atoms with E-state index in [0.717, 1.165) is 19.3 Å². The number of hydrogen-bond acceptors (Lipinski definition) is 6. The van der Waals surface area contributed by atoms with Crippen LogP contribution in [0.1, 0.15) is 59.8 Å². The first kappa shape index (κ1) is 22.3. The summed E-state index contributed by atoms with van der Waals surface area (Å²) in [6.45, 7) is 7.78. The number of rotatable bonds is 5. The van der Waals surface area contributed by atoms with Gasteiger partial charge in [-0.1, -0.05) is 12.8 Å². The van der Waals surface area contributed by atoms with Crippen LogP contribution in [0.15, 0.2) is 18.5 Å². The van der Waals surface area contributed by atoms with Gasteiger partial charge < -0.3 is 19.9 Å². The number of carbonyl (C=O) groups excluding carboxylic acids is 2. The lowest BCUT2D eigenvalue weighted by Gasteiger charge is -2.33. The molecular formula is C22H35N5O3. The largest absolute Gasteiger partial charge is 0.444 e. The predicted molar refractivity (Wildman–Crippen MR) is 115 cm³/mol. The fraction of sp³-hybridized carbons (Fsp3) is 0.727. The molecule has 8 nitrogen and oxygen atoms in total. The molecule has 1 aromatic heterocycles. The van der Waals surface area contributed by atoms with Crippen molar-refractivity contribution >= 4 is 17.9 Å². The lowest BCUT2D eigenvalue weighted by molar-refractivity contribution is -0.122. The topological polar surface area (TPSA) is 87.7 Å². The minimum atomic E-state index is -0.551. The van der Waals surface area contributed by atoms with E-state index in [9.17, 15) is 9.59 Å². The standard InChI is InChI=1S/C22H35N5O3/c1-15(26(5)21(29)30-22(2,3)4)14-25-19(28)18-13-16-9-6-7-10-17(16)27(18)20-23-11-8-12-24-20/h8,11-12,15-18H,6-7,9-10,13-14H2,1-5H3,(H,25,28)/t15-,16+,17-,18+/m1/s1. The molecule has 166 valence electrons. The van der Waals surface area contributed by atoms with Gasteiger partial charge in [0, 0.05) is 38.1 Å². The van der Waals surface area contributed by atoms with Crippen molar-refractivity contribution in [1.82, 2.24) is 20.2 Å². The van der Waals surface area contributed by atoms with Gasteiger partial charge >= 0.3 is 6.09 Å². The lowest BCUT2D eigenvalue weighted by Crippen LogP contribution is -2.51. The Bertz CT molecular complexity index is 736. The fourth-order valence-corrected chi connectivity index (χ4v) is 4.42. The van der Waals surface area contributed by atoms with Gasteiger partial charge in [0.05, 0.1) is 0 Å². The average molecular weight is 418 g/mol. The van der Waals surface area contributed by atoms with Crippen LogP contribution >= 0.6 is 0 Å². The summed E-state index contributed by atoms with van der Waals surface area (Å²) in [6, 6.07) is 1.65. The molecule has 2 amide bonds. The Morgan fingerprint density at radius 1 is 1.27 bits per heavy atom. The number of carbonyl (C=O) groups is 2. The van der Waals surface area contributed by atoms with Crippen LogP contribution in [0.25, 0.3) is 0 Å². The molecule has 2 fully saturated rings. The molecule has 30 heavy (non-hydrogen) atoms. The third kappa shape index (κ3) is 5.21. The molecule has 0 radical (unpaired) electrons. The molecule has 0 spiro atoms. The Hall–Kier alpha value is -2.38. The van der Waals surface area contributed by atoms with Crippen molar-refractivity contribution in [2.45, 2.75) is 83.5 Å². The molecule has 1 N–H and O–H groups in total. The van der Waals surface area contributed by atoms with Crippen molar-refractivity contribution in [1.29, 1.82) is 0 Å². The van der Waals surface area contributed by atoms with E-state index in [4.69, 9.17) is 4.74 Å². The number of nitrogens with zero attached hydrogens (tertiary/aromatic N) is 4. The van der Waals surface area contributed by atoms with E-state index in [1.165, 1.54) is 17.7 Å². The highest BCUT2D eigenvalue weighted by molar-refractivity contribution is 5.85. The summed E-state index contributed by atoms with van der Waals surface area (Å²) in [7, 11) is 1.69. The van der Waals surface area contributed by atoms with Crippen LogP contribution in [0.2, 0.25) is 0 Å². The number of ether oxygens (including phenoxy) is 1. The molecule has 1 saturated carbocycles. The van der Waals surface area contributed by atoms with Crippen LogP contribution in [0.3, 0.4) is 0 Å². The van der Waals surface area contributed by atoms with Gasteiger partial charge in [-0.25, -0.2) is 14.8 Å². The summed E-state index contributed by atoms with van der Waals surface area (Å²) in [5.74, 6) is 1.10. The maximum Gasteiger partial charge on any atom is 0.410 e. The second-order valence-corrected chi connectivity index (χ2v) is 9.50. The summed E-state index contributed by atoms with van der Waals surface area (Å²) < 4.78 is 5.42. The van der Waals surface area contributed by atoms with Gasteiger partial charge in [0.15, 0.2) is 0 Å². The molecule has 3 rings (SSSR count). The van der Waals surface area contributed by atoms with Crippen LogP contribution in [0.4, 0.5) is 10.7 Å². The normalized spacial score (nSPS) is 24.7. The third-order valence-electron chi connectivity index (χ3n) is 6.09. The molecule has 8 heteroatoms. The van der Waals surface area contributed by atoms with Gasteiger partial charge in [0.1, 0.15) is 11.6 Å². The summed E-state index contributed by atoms with van der Waals surface area (Å²) >= 11 is 0. The van der Waals surface area contributed by atoms with E-state index in [2.05, 4.69) is 20.2 Å². The molecule has 0 aromatic carbocycles. The Morgan fingerprint density at radius 2 is 1.93 bits per heavy atom. The number of amides is 2. The van der Waals surface area contributed by atoms with Crippen LogP contribution in [-0.4, -0.2) is 64.2 Å². The van der Waals surface area contributed by atoms with E-state index in [1.54, 1.807) is 25.5 Å². The number of fused-ring (bicyclic) bond motifs is 1. The monoisotopic (exact) mass is 417 g/mol. The minimum absolute atomic E-state index is 0.0266. The smallest absolute Gasteiger partial charge is 0.410 e. The molecule has 0 bridgehead atoms. The number of likely N-dealkylation sites (N-methyl/N-ethyl adjacent to an activating group) is 1. The number of hydrogen-bond donors (Lipinski definition) is 1. The van der Waals surface area contributed by atoms with Crippen LogP contribution in [0.5, 0.6) is 0 Å². The Balaban J connectivity index is 1.64. The molecule has 0 unspecified atom stereocenters. The zero-order valence-corrected chi connectivity index (χ0v) is 18.8. The first-order valence-electron chi connectivity index (χ1n) is 11.0. The van der Waals surface area contributed by atoms with Gasteiger partial charge in [0.25, 0.3) is 0 Å². The maximum absolute atomic E-state index is 13.2. The Labute approximate surface area is 179 Å². The maximum atomic E-state index is 13.2. The number of nitrogens with one attached hydrogen (secondary N) is 1. The quantitative estimate of drug-likeness (QED) is 0.792. The first-order valence-corrected chi connectivity index (χ1v) is 11.0. The Morgan fingerprint density at radius 3 is 2.60 bits per heavy atom. The highest BCUT2D eigenvalue weighted by Gasteiger charge is 2.46. The molecule has 2 heterocycles. The summed E-state index contributed by atoms with van der Waals surface area (Å²) in [5.41, 5.74) is -0.551. The van der Waals surface area contributed by atoms with E-state index in [0.29, 0.717) is 24.5 Å². The fourth-order valence-electron chi connectivity index (χ4n) is 4.42. The summed E-state index contributed by atoms with van der Waals surface area (Å²) in [5, 5.41) is 3.05. The van der Waals surface area contributed by atoms with Crippen LogP contribution in [-0.2, 0) is 9.53 Å². The average Bonchev–Trinajstić information content (AvgIpc) is 3.10. The second kappa shape index (κ2) is 9.18. The number of anilines is 1. The van der Waals surface area contributed by atoms with Crippen molar-refractivity contribution in [2.24, 2.45) is 5.92 Å². The van der Waals surface area contributed by atoms with Crippen LogP contribution < -0.4 is 10.2 Å². The first-order chi connectivity index (χ1) is 14.2. The van der Waals surface area contributed by atoms with Crippen molar-refractivity contribution in [3.05, 3.63) is 18.5 Å². The molecular weight excluding hydrogens is 382 g/mol. The SMILES string of the molecule is C[C@H](CNC(=O)[C@@H]1C[C@@H]2CCCC[C@H]2N1c1ncccn1)N(C)C(=O)OC(C)(C)C. The molecule has 1 aliphatic heterocycles. The zero-order valence-electron chi connectivity index (χ0n) is 18.8. The zero-order chi connectivity index (χ0) is 21.9. The van der Waals surface area contributed by atoms with Gasteiger partial charge in [0.2, 0.25) is 11.9 Å². The van der Waals surface area contributed by atoms with Gasteiger partial charge in [-0.15, -0.1) is 0 Å². The third-order valence-corrected chi connectivity index (χ3v) is 6.09. The summed E-state index contributed by atoms with van der Waals surface area (Å²) in [6.07, 6.45) is 8.50. The van der Waals surface area contributed by atoms with E-state index >= 15 is 0 Å². The van der Waals surface area contributed by atoms with Gasteiger partial charge in [-0.05, 0) is 58.9 Å². The lowest BCUT2D eigenvalue weighted by atomic mass is 9.85. The van der Waals surface area contributed by atoms with Crippen LogP contribution in [0, 0.1) is 5.92 Å². The molecule has 2 aliphatic rings. The van der Waals surface area contributed by atoms with Crippen molar-refractivity contribution in [3.63, 3.8) is 0 Å². The van der Waals surface area contributed by atoms with E-state index < -0.39 is 11.7 Å². The highest BCUT2D eigenvalue weighted by Crippen LogP contribution is 2.41. The number of aromatic nitrogens is 2. The summed E-state index contributed by atoms with van der Waals surface area (Å²) in [4.78, 5) is 37.9. The molecule has 4 atom stereocenters. The molecule has 1 aromatic rings. The molecule has 1 saturated heterocycles. The second-order valence-electron chi connectivity index (χ2n) is 9.50. The molecule has 1 aliphatic carbocycles. The van der Waals surface area contributed by atoms with Crippen molar-refractivity contribution < 1.29 is 14.3 Å². The van der Waals surface area contributed by atoms with Gasteiger partial charge in [-0.3, -0.25) is 4.79 Å². The van der Waals surface area contributed by atoms with Gasteiger partial charge in [-0.2, -0.15) is 0 Å². The van der Waals surface area contributed by atoms with Crippen molar-refractivity contribution in [3.8, 4) is 0 Å². The minimum Gasteiger partial charge on any atom is -0.444 e.